The maximum Gasteiger partial charge on any atom is 0.324 e. The number of nitrogens with zero attached hydrogens (tertiary/aromatic N) is 1. The quantitative estimate of drug-likeness (QED) is 0.648. The minimum Gasteiger partial charge on any atom is -0.454 e. The highest BCUT2D eigenvalue weighted by Gasteiger charge is 2.23. The number of benzene rings is 1. The van der Waals surface area contributed by atoms with Gasteiger partial charge in [-0.2, -0.15) is 4.72 Å². The summed E-state index contributed by atoms with van der Waals surface area (Å²) in [4.78, 5) is 35.3. The van der Waals surface area contributed by atoms with Crippen LogP contribution < -0.4 is 10.0 Å². The lowest BCUT2D eigenvalue weighted by Crippen LogP contribution is -2.40. The van der Waals surface area contributed by atoms with Crippen molar-refractivity contribution in [2.75, 3.05) is 26.0 Å². The monoisotopic (exact) mass is 371 g/mol. The van der Waals surface area contributed by atoms with Gasteiger partial charge in [0, 0.05) is 26.7 Å². The first kappa shape index (κ1) is 20.6. The third-order valence-corrected chi connectivity index (χ3v) is 4.56. The van der Waals surface area contributed by atoms with Crippen molar-refractivity contribution in [3.05, 3.63) is 24.3 Å². The average Bonchev–Trinajstić information content (AvgIpc) is 2.51. The molecule has 0 bridgehead atoms. The van der Waals surface area contributed by atoms with Crippen LogP contribution in [0.2, 0.25) is 0 Å². The Morgan fingerprint density at radius 1 is 1.16 bits per heavy atom. The number of carbonyl (C=O) groups excluding carboxylic acids is 3. The second-order valence-corrected chi connectivity index (χ2v) is 7.16. The molecule has 0 spiro atoms. The second-order valence-electron chi connectivity index (χ2n) is 5.44. The number of rotatable bonds is 7. The Morgan fingerprint density at radius 3 is 2.20 bits per heavy atom. The lowest BCUT2D eigenvalue weighted by Gasteiger charge is -2.15. The molecule has 1 atom stereocenters. The second kappa shape index (κ2) is 8.58. The molecule has 9 nitrogen and oxygen atoms in total. The lowest BCUT2D eigenvalue weighted by atomic mass is 10.3. The van der Waals surface area contributed by atoms with Crippen LogP contribution in [0.25, 0.3) is 0 Å². The number of nitrogens with one attached hydrogen (secondary N) is 2. The Labute approximate surface area is 146 Å². The Balaban J connectivity index is 2.71. The number of sulfonamides is 1. The molecule has 0 aliphatic carbocycles. The fraction of sp³-hybridized carbons (Fsp3) is 0.400. The highest BCUT2D eigenvalue weighted by molar-refractivity contribution is 7.89. The molecule has 0 aromatic heterocycles. The van der Waals surface area contributed by atoms with E-state index in [4.69, 9.17) is 4.74 Å². The van der Waals surface area contributed by atoms with Gasteiger partial charge in [-0.05, 0) is 31.2 Å². The summed E-state index contributed by atoms with van der Waals surface area (Å²) >= 11 is 0. The largest absolute Gasteiger partial charge is 0.454 e. The van der Waals surface area contributed by atoms with E-state index in [1.54, 1.807) is 0 Å². The first-order chi connectivity index (χ1) is 11.5. The molecule has 25 heavy (non-hydrogen) atoms. The molecule has 1 aromatic carbocycles. The molecule has 1 rings (SSSR count). The molecule has 0 heterocycles. The van der Waals surface area contributed by atoms with Crippen LogP contribution in [-0.2, 0) is 29.1 Å². The summed E-state index contributed by atoms with van der Waals surface area (Å²) in [5.74, 6) is -1.57. The summed E-state index contributed by atoms with van der Waals surface area (Å²) in [7, 11) is -0.950. The normalized spacial score (nSPS) is 12.2. The van der Waals surface area contributed by atoms with E-state index in [0.717, 1.165) is 0 Å². The first-order valence-corrected chi connectivity index (χ1v) is 8.78. The van der Waals surface area contributed by atoms with Crippen molar-refractivity contribution < 1.29 is 27.5 Å². The maximum atomic E-state index is 12.2. The highest BCUT2D eigenvalue weighted by atomic mass is 32.2. The fourth-order valence-corrected chi connectivity index (χ4v) is 2.85. The zero-order chi connectivity index (χ0) is 19.2. The van der Waals surface area contributed by atoms with Crippen molar-refractivity contribution in [3.63, 3.8) is 0 Å². The van der Waals surface area contributed by atoms with Gasteiger partial charge in [0.05, 0.1) is 4.90 Å². The molecule has 10 heteroatoms. The Bertz CT molecular complexity index is 743. The van der Waals surface area contributed by atoms with Crippen LogP contribution in [-0.4, -0.2) is 57.8 Å². The van der Waals surface area contributed by atoms with E-state index in [1.165, 1.54) is 57.1 Å². The van der Waals surface area contributed by atoms with Crippen LogP contribution in [0, 0.1) is 0 Å². The lowest BCUT2D eigenvalue weighted by molar-refractivity contribution is -0.152. The average molecular weight is 371 g/mol. The van der Waals surface area contributed by atoms with Gasteiger partial charge >= 0.3 is 5.97 Å². The van der Waals surface area contributed by atoms with Crippen LogP contribution in [0.1, 0.15) is 13.8 Å². The molecule has 0 unspecified atom stereocenters. The molecule has 0 saturated heterocycles. The third-order valence-electron chi connectivity index (χ3n) is 3.01. The number of esters is 1. The van der Waals surface area contributed by atoms with E-state index in [1.807, 2.05) is 0 Å². The molecular formula is C15H21N3O6S. The molecule has 0 radical (unpaired) electrons. The summed E-state index contributed by atoms with van der Waals surface area (Å²) < 4.78 is 31.4. The Morgan fingerprint density at radius 2 is 1.72 bits per heavy atom. The number of amides is 2. The summed E-state index contributed by atoms with van der Waals surface area (Å²) in [6.07, 6.45) is 0. The zero-order valence-electron chi connectivity index (χ0n) is 14.4. The van der Waals surface area contributed by atoms with Crippen molar-refractivity contribution in [2.45, 2.75) is 24.8 Å². The smallest absolute Gasteiger partial charge is 0.324 e. The molecular weight excluding hydrogens is 350 g/mol. The van der Waals surface area contributed by atoms with E-state index >= 15 is 0 Å². The van der Waals surface area contributed by atoms with Gasteiger partial charge in [0.1, 0.15) is 6.04 Å². The van der Waals surface area contributed by atoms with E-state index in [-0.39, 0.29) is 10.8 Å². The van der Waals surface area contributed by atoms with E-state index in [0.29, 0.717) is 5.69 Å². The summed E-state index contributed by atoms with van der Waals surface area (Å²) in [5.41, 5.74) is 0.445. The number of anilines is 1. The highest BCUT2D eigenvalue weighted by Crippen LogP contribution is 2.14. The van der Waals surface area contributed by atoms with Crippen LogP contribution in [0.5, 0.6) is 0 Å². The van der Waals surface area contributed by atoms with Crippen molar-refractivity contribution in [2.24, 2.45) is 0 Å². The molecule has 138 valence electrons. The van der Waals surface area contributed by atoms with Crippen LogP contribution in [0.3, 0.4) is 0 Å². The van der Waals surface area contributed by atoms with Crippen molar-refractivity contribution in [3.8, 4) is 0 Å². The van der Waals surface area contributed by atoms with Gasteiger partial charge in [-0.1, -0.05) is 0 Å². The predicted molar refractivity (Wildman–Crippen MR) is 90.2 cm³/mol. The topological polar surface area (TPSA) is 122 Å². The maximum absolute atomic E-state index is 12.2. The molecule has 0 fully saturated rings. The van der Waals surface area contributed by atoms with Crippen molar-refractivity contribution >= 4 is 33.5 Å². The Hall–Kier alpha value is -2.46. The van der Waals surface area contributed by atoms with Gasteiger partial charge in [-0.15, -0.1) is 0 Å². The number of ether oxygens (including phenoxy) is 1. The van der Waals surface area contributed by atoms with Gasteiger partial charge < -0.3 is 15.0 Å². The molecule has 2 N–H and O–H groups in total. The zero-order valence-corrected chi connectivity index (χ0v) is 15.2. The predicted octanol–water partition coefficient (Wildman–Crippen LogP) is -0.0568. The molecule has 0 aliphatic rings. The van der Waals surface area contributed by atoms with Crippen LogP contribution in [0.4, 0.5) is 5.69 Å². The minimum atomic E-state index is -3.96. The first-order valence-electron chi connectivity index (χ1n) is 7.29. The number of likely N-dealkylation sites (N-methyl/N-ethyl adjacent to an activating group) is 1. The van der Waals surface area contributed by atoms with Gasteiger partial charge in [0.15, 0.2) is 6.61 Å². The minimum absolute atomic E-state index is 0.0781. The van der Waals surface area contributed by atoms with Crippen molar-refractivity contribution in [1.82, 2.24) is 9.62 Å². The molecule has 0 saturated carbocycles. The van der Waals surface area contributed by atoms with Crippen LogP contribution in [0.15, 0.2) is 29.2 Å². The molecule has 1 aromatic rings. The molecule has 2 amide bonds. The standard InChI is InChI=1S/C15H21N3O6S/c1-10(15(21)24-9-14(20)18(3)4)17-25(22,23)13-7-5-12(6-8-13)16-11(2)19/h5-8,10,17H,9H2,1-4H3,(H,16,19)/t10-/m0/s1. The van der Waals surface area contributed by atoms with Crippen molar-refractivity contribution in [1.29, 1.82) is 0 Å². The van der Waals surface area contributed by atoms with E-state index in [2.05, 4.69) is 10.0 Å². The van der Waals surface area contributed by atoms with Gasteiger partial charge in [0.2, 0.25) is 15.9 Å². The Kier molecular flexibility index (Phi) is 7.07. The summed E-state index contributed by atoms with van der Waals surface area (Å²) in [6, 6.07) is 4.27. The SMILES string of the molecule is CC(=O)Nc1ccc(S(=O)(=O)N[C@@H](C)C(=O)OCC(=O)N(C)C)cc1. The summed E-state index contributed by atoms with van der Waals surface area (Å²) in [6.45, 7) is 2.18. The summed E-state index contributed by atoms with van der Waals surface area (Å²) in [5, 5.41) is 2.51. The molecule has 0 aliphatic heterocycles. The van der Waals surface area contributed by atoms with E-state index < -0.39 is 34.5 Å². The van der Waals surface area contributed by atoms with E-state index in [9.17, 15) is 22.8 Å². The van der Waals surface area contributed by atoms with Gasteiger partial charge in [0.25, 0.3) is 5.91 Å². The fourth-order valence-electron chi connectivity index (χ4n) is 1.66. The number of hydrogen-bond donors (Lipinski definition) is 2. The number of hydrogen-bond acceptors (Lipinski definition) is 6. The van der Waals surface area contributed by atoms with Gasteiger partial charge in [-0.3, -0.25) is 14.4 Å². The van der Waals surface area contributed by atoms with Gasteiger partial charge in [-0.25, -0.2) is 8.42 Å². The number of carbonyl (C=O) groups is 3. The third kappa shape index (κ3) is 6.51. The van der Waals surface area contributed by atoms with Crippen LogP contribution >= 0.6 is 0 Å².